The monoisotopic (exact) mass is 248 g/mol. The fraction of sp³-hybridized carbons (Fsp3) is 0.0625. The van der Waals surface area contributed by atoms with Crippen LogP contribution in [0.3, 0.4) is 0 Å². The lowest BCUT2D eigenvalue weighted by atomic mass is 10.1. The fourth-order valence-corrected chi connectivity index (χ4v) is 2.75. The van der Waals surface area contributed by atoms with Gasteiger partial charge in [-0.15, -0.1) is 0 Å². The van der Waals surface area contributed by atoms with E-state index in [1.165, 1.54) is 5.39 Å². The Morgan fingerprint density at radius 1 is 1.00 bits per heavy atom. The smallest absolute Gasteiger partial charge is 0.244 e. The molecule has 1 N–H and O–H groups in total. The van der Waals surface area contributed by atoms with Crippen molar-refractivity contribution in [3.63, 3.8) is 0 Å². The van der Waals surface area contributed by atoms with Gasteiger partial charge in [-0.2, -0.15) is 0 Å². The second-order valence-electron chi connectivity index (χ2n) is 4.77. The number of anilines is 1. The summed E-state index contributed by atoms with van der Waals surface area (Å²) >= 11 is 0. The van der Waals surface area contributed by atoms with Crippen LogP contribution < -0.4 is 5.32 Å². The summed E-state index contributed by atoms with van der Waals surface area (Å²) in [4.78, 5) is 12.0. The summed E-state index contributed by atoms with van der Waals surface area (Å²) in [6, 6.07) is 18.2. The summed E-state index contributed by atoms with van der Waals surface area (Å²) < 4.78 is 2.08. The fourth-order valence-electron chi connectivity index (χ4n) is 2.75. The molecule has 3 aromatic rings. The molecule has 0 bridgehead atoms. The summed E-state index contributed by atoms with van der Waals surface area (Å²) in [6.45, 7) is 0.359. The zero-order valence-corrected chi connectivity index (χ0v) is 10.3. The van der Waals surface area contributed by atoms with Gasteiger partial charge in [0.25, 0.3) is 0 Å². The molecule has 0 aliphatic carbocycles. The molecule has 1 aliphatic rings. The van der Waals surface area contributed by atoms with Crippen LogP contribution in [0, 0.1) is 0 Å². The van der Waals surface area contributed by atoms with Crippen LogP contribution in [0.2, 0.25) is 0 Å². The Labute approximate surface area is 110 Å². The molecule has 4 rings (SSSR count). The van der Waals surface area contributed by atoms with E-state index in [1.54, 1.807) is 0 Å². The van der Waals surface area contributed by atoms with Crippen molar-refractivity contribution >= 4 is 22.5 Å². The number of para-hydroxylation sites is 2. The lowest BCUT2D eigenvalue weighted by Gasteiger charge is -2.06. The molecule has 0 atom stereocenters. The van der Waals surface area contributed by atoms with Gasteiger partial charge in [0, 0.05) is 16.5 Å². The largest absolute Gasteiger partial charge is 0.331 e. The number of aromatic nitrogens is 1. The highest BCUT2D eigenvalue weighted by molar-refractivity contribution is 6.00. The maximum atomic E-state index is 12.0. The van der Waals surface area contributed by atoms with Crippen molar-refractivity contribution in [3.8, 4) is 11.3 Å². The highest BCUT2D eigenvalue weighted by Gasteiger charge is 2.19. The molecule has 0 spiro atoms. The van der Waals surface area contributed by atoms with Gasteiger partial charge in [-0.1, -0.05) is 36.4 Å². The van der Waals surface area contributed by atoms with Gasteiger partial charge < -0.3 is 9.88 Å². The molecular weight excluding hydrogens is 236 g/mol. The first-order chi connectivity index (χ1) is 9.33. The van der Waals surface area contributed by atoms with E-state index in [4.69, 9.17) is 0 Å². The van der Waals surface area contributed by atoms with Crippen LogP contribution in [0.5, 0.6) is 0 Å². The number of hydrogen-bond donors (Lipinski definition) is 1. The average molecular weight is 248 g/mol. The van der Waals surface area contributed by atoms with E-state index >= 15 is 0 Å². The van der Waals surface area contributed by atoms with Crippen molar-refractivity contribution in [2.45, 2.75) is 6.54 Å². The predicted octanol–water partition coefficient (Wildman–Crippen LogP) is 3.26. The minimum atomic E-state index is 0.0209. The van der Waals surface area contributed by atoms with Crippen LogP contribution in [-0.2, 0) is 11.3 Å². The molecule has 0 saturated carbocycles. The Bertz CT molecular complexity index is 801. The maximum absolute atomic E-state index is 12.0. The Morgan fingerprint density at radius 3 is 2.74 bits per heavy atom. The number of fused-ring (bicyclic) bond motifs is 5. The average Bonchev–Trinajstić information content (AvgIpc) is 2.71. The van der Waals surface area contributed by atoms with E-state index in [-0.39, 0.29) is 5.91 Å². The summed E-state index contributed by atoms with van der Waals surface area (Å²) in [5.41, 5.74) is 4.15. The van der Waals surface area contributed by atoms with Gasteiger partial charge in [-0.3, -0.25) is 4.79 Å². The van der Waals surface area contributed by atoms with E-state index in [9.17, 15) is 4.79 Å². The third kappa shape index (κ3) is 1.48. The number of nitrogens with one attached hydrogen (secondary N) is 1. The number of carbonyl (C=O) groups is 1. The molecule has 1 amide bonds. The Morgan fingerprint density at radius 2 is 1.79 bits per heavy atom. The van der Waals surface area contributed by atoms with E-state index in [0.29, 0.717) is 6.54 Å². The summed E-state index contributed by atoms with van der Waals surface area (Å²) in [5.74, 6) is 0.0209. The van der Waals surface area contributed by atoms with Crippen LogP contribution in [0.25, 0.3) is 22.2 Å². The quantitative estimate of drug-likeness (QED) is 0.651. The van der Waals surface area contributed by atoms with Gasteiger partial charge in [0.2, 0.25) is 5.91 Å². The highest BCUT2D eigenvalue weighted by Crippen LogP contribution is 2.34. The van der Waals surface area contributed by atoms with Gasteiger partial charge >= 0.3 is 0 Å². The summed E-state index contributed by atoms with van der Waals surface area (Å²) in [5, 5.41) is 4.13. The van der Waals surface area contributed by atoms with Crippen LogP contribution in [-0.4, -0.2) is 10.5 Å². The van der Waals surface area contributed by atoms with E-state index in [2.05, 4.69) is 28.1 Å². The molecule has 0 fully saturated rings. The molecule has 3 nitrogen and oxygen atoms in total. The zero-order chi connectivity index (χ0) is 12.8. The normalized spacial score (nSPS) is 13.6. The lowest BCUT2D eigenvalue weighted by molar-refractivity contribution is -0.116. The molecule has 0 radical (unpaired) electrons. The van der Waals surface area contributed by atoms with Gasteiger partial charge in [-0.25, -0.2) is 0 Å². The Hall–Kier alpha value is -2.55. The van der Waals surface area contributed by atoms with Crippen molar-refractivity contribution in [3.05, 3.63) is 54.6 Å². The minimum Gasteiger partial charge on any atom is -0.331 e. The van der Waals surface area contributed by atoms with Crippen LogP contribution >= 0.6 is 0 Å². The zero-order valence-electron chi connectivity index (χ0n) is 10.3. The van der Waals surface area contributed by atoms with Gasteiger partial charge in [-0.05, 0) is 18.2 Å². The molecule has 2 aromatic carbocycles. The number of rotatable bonds is 0. The van der Waals surface area contributed by atoms with Crippen molar-refractivity contribution in [2.24, 2.45) is 0 Å². The van der Waals surface area contributed by atoms with Crippen LogP contribution in [0.15, 0.2) is 54.6 Å². The van der Waals surface area contributed by atoms with Gasteiger partial charge in [0.15, 0.2) is 0 Å². The first-order valence-corrected chi connectivity index (χ1v) is 6.30. The molecule has 3 heteroatoms. The highest BCUT2D eigenvalue weighted by atomic mass is 16.2. The SMILES string of the molecule is O=C1Cn2c(cc3ccccc32)-c2ccccc2N1. The van der Waals surface area contributed by atoms with Crippen molar-refractivity contribution in [1.29, 1.82) is 0 Å². The number of amides is 1. The number of benzene rings is 2. The maximum Gasteiger partial charge on any atom is 0.244 e. The van der Waals surface area contributed by atoms with E-state index in [0.717, 1.165) is 22.5 Å². The summed E-state index contributed by atoms with van der Waals surface area (Å²) in [7, 11) is 0. The van der Waals surface area contributed by atoms with Gasteiger partial charge in [0.1, 0.15) is 6.54 Å². The summed E-state index contributed by atoms with van der Waals surface area (Å²) in [6.07, 6.45) is 0. The molecule has 1 aliphatic heterocycles. The van der Waals surface area contributed by atoms with Crippen LogP contribution in [0.4, 0.5) is 5.69 Å². The standard InChI is InChI=1S/C16H12N2O/c19-16-10-18-14-8-4-1-5-11(14)9-15(18)12-6-2-3-7-13(12)17-16/h1-9H,10H2,(H,17,19). The first-order valence-electron chi connectivity index (χ1n) is 6.30. The predicted molar refractivity (Wildman–Crippen MR) is 76.0 cm³/mol. The number of hydrogen-bond acceptors (Lipinski definition) is 1. The number of carbonyl (C=O) groups excluding carboxylic acids is 1. The van der Waals surface area contributed by atoms with Crippen molar-refractivity contribution < 1.29 is 4.79 Å². The number of nitrogens with zero attached hydrogens (tertiary/aromatic N) is 1. The molecule has 2 heterocycles. The van der Waals surface area contributed by atoms with E-state index in [1.807, 2.05) is 36.4 Å². The Kier molecular flexibility index (Phi) is 2.03. The van der Waals surface area contributed by atoms with Crippen LogP contribution in [0.1, 0.15) is 0 Å². The molecule has 92 valence electrons. The Balaban J connectivity index is 2.11. The molecule has 0 saturated heterocycles. The lowest BCUT2D eigenvalue weighted by Crippen LogP contribution is -2.16. The molecule has 19 heavy (non-hydrogen) atoms. The molecule has 0 unspecified atom stereocenters. The van der Waals surface area contributed by atoms with Crippen molar-refractivity contribution in [2.75, 3.05) is 5.32 Å². The minimum absolute atomic E-state index is 0.0209. The topological polar surface area (TPSA) is 34.0 Å². The second-order valence-corrected chi connectivity index (χ2v) is 4.77. The van der Waals surface area contributed by atoms with E-state index < -0.39 is 0 Å². The third-order valence-electron chi connectivity index (χ3n) is 3.59. The first kappa shape index (κ1) is 10.4. The van der Waals surface area contributed by atoms with Crippen molar-refractivity contribution in [1.82, 2.24) is 4.57 Å². The molecular formula is C16H12N2O. The molecule has 1 aromatic heterocycles. The van der Waals surface area contributed by atoms with Gasteiger partial charge in [0.05, 0.1) is 11.4 Å². The second kappa shape index (κ2) is 3.72. The third-order valence-corrected chi connectivity index (χ3v) is 3.59.